The molecule has 1 aliphatic heterocycles. The maximum Gasteiger partial charge on any atom is 0.331 e. The smallest absolute Gasteiger partial charge is 0.331 e. The number of hydrogen-bond acceptors (Lipinski definition) is 5. The van der Waals surface area contributed by atoms with Gasteiger partial charge in [-0.25, -0.2) is 4.79 Å². The molecule has 0 aromatic heterocycles. The standard InChI is InChI=1S/C23H34O5/c1-20-7-5-16(24)11-14(20)3-4-18-17(20)6-8-21(2)22(26,9-10-23(18,21)27)15-12-19(25)28-13-15/h12,14,16-18,24,26-27H,3-11,13H2,1-2H3/t14?,16-,17?,18?,20-,21+,22-,23-/m0/s1. The molecule has 0 aromatic carbocycles. The van der Waals surface area contributed by atoms with Crippen molar-refractivity contribution in [3.05, 3.63) is 11.6 Å². The molecule has 0 aromatic rings. The first-order valence-corrected chi connectivity index (χ1v) is 11.1. The molecule has 0 bridgehead atoms. The SMILES string of the molecule is C[C@]12CC[C@H](O)CC1CCC1C2CC[C@]2(C)[C@@](O)(C3=CC(=O)OC3)CC[C@]12O. The first-order valence-electron chi connectivity index (χ1n) is 11.1. The summed E-state index contributed by atoms with van der Waals surface area (Å²) in [6.45, 7) is 4.57. The molecule has 1 heterocycles. The van der Waals surface area contributed by atoms with Crippen molar-refractivity contribution in [1.82, 2.24) is 0 Å². The Hall–Kier alpha value is -0.910. The highest BCUT2D eigenvalue weighted by Gasteiger charge is 2.72. The van der Waals surface area contributed by atoms with Crippen LogP contribution in [-0.2, 0) is 9.53 Å². The van der Waals surface area contributed by atoms with Crippen LogP contribution in [0.15, 0.2) is 11.6 Å². The lowest BCUT2D eigenvalue weighted by molar-refractivity contribution is -0.229. The van der Waals surface area contributed by atoms with Crippen molar-refractivity contribution in [3.8, 4) is 0 Å². The molecule has 0 saturated heterocycles. The van der Waals surface area contributed by atoms with Crippen molar-refractivity contribution >= 4 is 5.97 Å². The highest BCUT2D eigenvalue weighted by Crippen LogP contribution is 2.70. The minimum Gasteiger partial charge on any atom is -0.458 e. The van der Waals surface area contributed by atoms with Crippen molar-refractivity contribution in [2.24, 2.45) is 28.6 Å². The fraction of sp³-hybridized carbons (Fsp3) is 0.870. The Balaban J connectivity index is 1.51. The Morgan fingerprint density at radius 1 is 1.00 bits per heavy atom. The van der Waals surface area contributed by atoms with Crippen LogP contribution in [0.2, 0.25) is 0 Å². The predicted octanol–water partition coefficient (Wildman–Crippen LogP) is 2.72. The van der Waals surface area contributed by atoms with Gasteiger partial charge in [0.25, 0.3) is 0 Å². The third kappa shape index (κ3) is 2.16. The molecule has 5 aliphatic rings. The number of cyclic esters (lactones) is 1. The van der Waals surface area contributed by atoms with E-state index < -0.39 is 16.6 Å². The van der Waals surface area contributed by atoms with Crippen LogP contribution in [-0.4, -0.2) is 45.2 Å². The van der Waals surface area contributed by atoms with Crippen molar-refractivity contribution in [1.29, 1.82) is 0 Å². The fourth-order valence-corrected chi connectivity index (χ4v) is 8.35. The molecule has 4 fully saturated rings. The summed E-state index contributed by atoms with van der Waals surface area (Å²) in [6.07, 6.45) is 8.91. The molecule has 3 N–H and O–H groups in total. The molecule has 28 heavy (non-hydrogen) atoms. The van der Waals surface area contributed by atoms with Crippen LogP contribution in [0.5, 0.6) is 0 Å². The van der Waals surface area contributed by atoms with Crippen molar-refractivity contribution < 1.29 is 24.9 Å². The van der Waals surface area contributed by atoms with Crippen LogP contribution in [0, 0.1) is 28.6 Å². The van der Waals surface area contributed by atoms with Crippen LogP contribution in [0.1, 0.15) is 71.6 Å². The summed E-state index contributed by atoms with van der Waals surface area (Å²) < 4.78 is 5.11. The maximum atomic E-state index is 12.1. The number of ether oxygens (including phenoxy) is 1. The number of carbonyl (C=O) groups is 1. The zero-order chi connectivity index (χ0) is 19.9. The largest absolute Gasteiger partial charge is 0.458 e. The molecule has 3 unspecified atom stereocenters. The molecule has 5 nitrogen and oxygen atoms in total. The van der Waals surface area contributed by atoms with Gasteiger partial charge in [0.1, 0.15) is 6.61 Å². The second-order valence-corrected chi connectivity index (χ2v) is 10.9. The lowest BCUT2D eigenvalue weighted by atomic mass is 9.42. The molecule has 5 heteroatoms. The topological polar surface area (TPSA) is 87.0 Å². The fourth-order valence-electron chi connectivity index (χ4n) is 8.35. The van der Waals surface area contributed by atoms with Crippen LogP contribution < -0.4 is 0 Å². The minimum atomic E-state index is -1.17. The van der Waals surface area contributed by atoms with E-state index in [0.717, 1.165) is 44.9 Å². The van der Waals surface area contributed by atoms with Gasteiger partial charge < -0.3 is 20.1 Å². The second-order valence-electron chi connectivity index (χ2n) is 10.9. The summed E-state index contributed by atoms with van der Waals surface area (Å²) >= 11 is 0. The Labute approximate surface area is 167 Å². The van der Waals surface area contributed by atoms with Crippen LogP contribution in [0.3, 0.4) is 0 Å². The lowest BCUT2D eigenvalue weighted by Crippen LogP contribution is -2.65. The lowest BCUT2D eigenvalue weighted by Gasteiger charge is -2.64. The Morgan fingerprint density at radius 2 is 1.79 bits per heavy atom. The molecular weight excluding hydrogens is 356 g/mol. The third-order valence-electron chi connectivity index (χ3n) is 10.2. The van der Waals surface area contributed by atoms with Gasteiger partial charge in [0, 0.05) is 17.1 Å². The first-order chi connectivity index (χ1) is 13.1. The first kappa shape index (κ1) is 19.1. The third-order valence-corrected chi connectivity index (χ3v) is 10.2. The van der Waals surface area contributed by atoms with E-state index in [0.29, 0.717) is 30.3 Å². The van der Waals surface area contributed by atoms with Gasteiger partial charge >= 0.3 is 5.97 Å². The minimum absolute atomic E-state index is 0.146. The van der Waals surface area contributed by atoms with Gasteiger partial charge in [-0.05, 0) is 81.0 Å². The number of rotatable bonds is 1. The van der Waals surface area contributed by atoms with Crippen LogP contribution >= 0.6 is 0 Å². The highest BCUT2D eigenvalue weighted by atomic mass is 16.5. The van der Waals surface area contributed by atoms with Gasteiger partial charge in [-0.2, -0.15) is 0 Å². The maximum absolute atomic E-state index is 12.1. The number of esters is 1. The van der Waals surface area contributed by atoms with Gasteiger partial charge in [-0.3, -0.25) is 0 Å². The zero-order valence-corrected chi connectivity index (χ0v) is 17.1. The molecule has 0 radical (unpaired) electrons. The van der Waals surface area contributed by atoms with E-state index in [9.17, 15) is 20.1 Å². The molecule has 0 spiro atoms. The van der Waals surface area contributed by atoms with Gasteiger partial charge in [0.2, 0.25) is 0 Å². The molecule has 0 amide bonds. The van der Waals surface area contributed by atoms with E-state index in [-0.39, 0.29) is 30.0 Å². The molecule has 4 saturated carbocycles. The van der Waals surface area contributed by atoms with Gasteiger partial charge in [0.05, 0.1) is 17.3 Å². The van der Waals surface area contributed by atoms with Gasteiger partial charge in [-0.1, -0.05) is 13.8 Å². The molecular formula is C23H34O5. The van der Waals surface area contributed by atoms with Gasteiger partial charge in [0.15, 0.2) is 0 Å². The Kier molecular flexibility index (Phi) is 3.97. The van der Waals surface area contributed by atoms with E-state index in [1.807, 2.05) is 6.92 Å². The molecule has 5 rings (SSSR count). The van der Waals surface area contributed by atoms with Crippen molar-refractivity contribution in [2.45, 2.75) is 88.9 Å². The predicted molar refractivity (Wildman–Crippen MR) is 103 cm³/mol. The quantitative estimate of drug-likeness (QED) is 0.599. The number of fused-ring (bicyclic) bond motifs is 5. The Morgan fingerprint density at radius 3 is 2.50 bits per heavy atom. The Bertz CT molecular complexity index is 733. The summed E-state index contributed by atoms with van der Waals surface area (Å²) in [5.41, 5.74) is -1.92. The summed E-state index contributed by atoms with van der Waals surface area (Å²) in [5, 5.41) is 34.1. The van der Waals surface area contributed by atoms with E-state index in [1.54, 1.807) is 0 Å². The monoisotopic (exact) mass is 390 g/mol. The van der Waals surface area contributed by atoms with E-state index in [1.165, 1.54) is 6.08 Å². The van der Waals surface area contributed by atoms with Crippen LogP contribution in [0.25, 0.3) is 0 Å². The molecule has 156 valence electrons. The van der Waals surface area contributed by atoms with E-state index >= 15 is 0 Å². The summed E-state index contributed by atoms with van der Waals surface area (Å²) in [5.74, 6) is 0.768. The van der Waals surface area contributed by atoms with Crippen molar-refractivity contribution in [3.63, 3.8) is 0 Å². The number of aliphatic hydroxyl groups is 3. The average Bonchev–Trinajstić information content (AvgIpc) is 3.18. The number of hydrogen-bond donors (Lipinski definition) is 3. The highest BCUT2D eigenvalue weighted by molar-refractivity contribution is 5.85. The summed E-state index contributed by atoms with van der Waals surface area (Å²) in [6, 6.07) is 0. The zero-order valence-electron chi connectivity index (χ0n) is 17.1. The number of carbonyl (C=O) groups excluding carboxylic acids is 1. The summed E-state index contributed by atoms with van der Waals surface area (Å²) in [4.78, 5) is 11.7. The van der Waals surface area contributed by atoms with Crippen molar-refractivity contribution in [2.75, 3.05) is 6.61 Å². The normalized spacial score (nSPS) is 55.8. The van der Waals surface area contributed by atoms with E-state index in [2.05, 4.69) is 6.92 Å². The molecule has 8 atom stereocenters. The second kappa shape index (κ2) is 5.83. The number of aliphatic hydroxyl groups excluding tert-OH is 1. The summed E-state index contributed by atoms with van der Waals surface area (Å²) in [7, 11) is 0. The average molecular weight is 391 g/mol. The van der Waals surface area contributed by atoms with Gasteiger partial charge in [-0.15, -0.1) is 0 Å². The van der Waals surface area contributed by atoms with E-state index in [4.69, 9.17) is 4.74 Å². The van der Waals surface area contributed by atoms with Crippen LogP contribution in [0.4, 0.5) is 0 Å². The molecule has 4 aliphatic carbocycles.